The smallest absolute Gasteiger partial charge is 0.253 e. The maximum Gasteiger partial charge on any atom is 0.253 e. The molecule has 0 aromatic heterocycles. The van der Waals surface area contributed by atoms with Gasteiger partial charge in [0.25, 0.3) is 5.91 Å². The van der Waals surface area contributed by atoms with Crippen molar-refractivity contribution < 1.29 is 9.59 Å². The molecule has 0 aliphatic rings. The van der Waals surface area contributed by atoms with Gasteiger partial charge in [0.1, 0.15) is 5.78 Å². The van der Waals surface area contributed by atoms with Crippen LogP contribution in [0.5, 0.6) is 0 Å². The molecule has 0 radical (unpaired) electrons. The molecule has 0 aliphatic carbocycles. The van der Waals surface area contributed by atoms with Crippen LogP contribution in [0.2, 0.25) is 0 Å². The van der Waals surface area contributed by atoms with Gasteiger partial charge in [0.05, 0.1) is 0 Å². The van der Waals surface area contributed by atoms with Gasteiger partial charge in [-0.3, -0.25) is 9.59 Å². The van der Waals surface area contributed by atoms with Crippen LogP contribution >= 0.6 is 0 Å². The molecule has 16 heavy (non-hydrogen) atoms. The first-order valence-corrected chi connectivity index (χ1v) is 5.37. The zero-order chi connectivity index (χ0) is 12.1. The summed E-state index contributed by atoms with van der Waals surface area (Å²) in [5.74, 6) is 0.153. The fraction of sp³-hybridized carbons (Fsp3) is 0.385. The summed E-state index contributed by atoms with van der Waals surface area (Å²) >= 11 is 0. The third kappa shape index (κ3) is 3.19. The molecular formula is C13H17NO2. The van der Waals surface area contributed by atoms with Crippen molar-refractivity contribution in [1.82, 2.24) is 4.90 Å². The van der Waals surface area contributed by atoms with Gasteiger partial charge in [0, 0.05) is 32.5 Å². The second-order valence-electron chi connectivity index (χ2n) is 3.97. The van der Waals surface area contributed by atoms with Crippen molar-refractivity contribution in [3.8, 4) is 0 Å². The number of benzene rings is 1. The third-order valence-electron chi connectivity index (χ3n) is 2.38. The van der Waals surface area contributed by atoms with E-state index in [-0.39, 0.29) is 11.7 Å². The monoisotopic (exact) mass is 219 g/mol. The van der Waals surface area contributed by atoms with E-state index >= 15 is 0 Å². The van der Waals surface area contributed by atoms with Crippen LogP contribution in [0.3, 0.4) is 0 Å². The van der Waals surface area contributed by atoms with Crippen LogP contribution in [-0.4, -0.2) is 30.7 Å². The third-order valence-corrected chi connectivity index (χ3v) is 2.38. The molecule has 0 aliphatic heterocycles. The summed E-state index contributed by atoms with van der Waals surface area (Å²) in [7, 11) is 3.43. The van der Waals surface area contributed by atoms with Crippen LogP contribution in [0.15, 0.2) is 24.3 Å². The molecule has 0 bridgehead atoms. The summed E-state index contributed by atoms with van der Waals surface area (Å²) in [4.78, 5) is 24.5. The van der Waals surface area contributed by atoms with Gasteiger partial charge >= 0.3 is 0 Å². The Morgan fingerprint density at radius 1 is 1.25 bits per heavy atom. The predicted octanol–water partition coefficient (Wildman–Crippen LogP) is 1.91. The topological polar surface area (TPSA) is 37.4 Å². The predicted molar refractivity (Wildman–Crippen MR) is 63.5 cm³/mol. The minimum Gasteiger partial charge on any atom is -0.345 e. The highest BCUT2D eigenvalue weighted by atomic mass is 16.2. The van der Waals surface area contributed by atoms with Gasteiger partial charge in [0.15, 0.2) is 0 Å². The molecule has 0 fully saturated rings. The quantitative estimate of drug-likeness (QED) is 0.775. The van der Waals surface area contributed by atoms with Gasteiger partial charge in [-0.1, -0.05) is 19.1 Å². The number of Topliss-reactive ketones (excluding diaryl/α,β-unsaturated/α-hetero) is 1. The molecule has 0 spiro atoms. The lowest BCUT2D eigenvalue weighted by Gasteiger charge is -2.10. The summed E-state index contributed by atoms with van der Waals surface area (Å²) in [6.45, 7) is 1.84. The number of amides is 1. The van der Waals surface area contributed by atoms with E-state index in [1.807, 2.05) is 19.1 Å². The first-order chi connectivity index (χ1) is 7.54. The van der Waals surface area contributed by atoms with E-state index in [1.54, 1.807) is 26.2 Å². The van der Waals surface area contributed by atoms with Crippen molar-refractivity contribution in [2.75, 3.05) is 14.1 Å². The number of rotatable bonds is 4. The maximum absolute atomic E-state index is 11.7. The highest BCUT2D eigenvalue weighted by Gasteiger charge is 2.09. The highest BCUT2D eigenvalue weighted by Crippen LogP contribution is 2.08. The lowest BCUT2D eigenvalue weighted by molar-refractivity contribution is -0.118. The van der Waals surface area contributed by atoms with E-state index in [0.29, 0.717) is 18.4 Å². The molecule has 1 amide bonds. The minimum absolute atomic E-state index is 0.0363. The lowest BCUT2D eigenvalue weighted by atomic mass is 10.0. The first-order valence-electron chi connectivity index (χ1n) is 5.37. The van der Waals surface area contributed by atoms with Crippen LogP contribution in [0.4, 0.5) is 0 Å². The zero-order valence-electron chi connectivity index (χ0n) is 9.99. The average Bonchev–Trinajstić information content (AvgIpc) is 2.28. The molecule has 0 heterocycles. The first kappa shape index (κ1) is 12.4. The molecular weight excluding hydrogens is 202 g/mol. The number of ketones is 1. The molecule has 0 saturated carbocycles. The molecule has 0 atom stereocenters. The van der Waals surface area contributed by atoms with Gasteiger partial charge in [-0.05, 0) is 17.7 Å². The zero-order valence-corrected chi connectivity index (χ0v) is 9.99. The molecule has 1 rings (SSSR count). The molecule has 1 aromatic rings. The Morgan fingerprint density at radius 3 is 2.50 bits per heavy atom. The summed E-state index contributed by atoms with van der Waals surface area (Å²) in [6, 6.07) is 7.24. The molecule has 0 N–H and O–H groups in total. The highest BCUT2D eigenvalue weighted by molar-refractivity contribution is 5.94. The second kappa shape index (κ2) is 5.45. The van der Waals surface area contributed by atoms with Crippen LogP contribution < -0.4 is 0 Å². The second-order valence-corrected chi connectivity index (χ2v) is 3.97. The SMILES string of the molecule is CCC(=O)Cc1cccc(C(=O)N(C)C)c1. The van der Waals surface area contributed by atoms with Gasteiger partial charge in [-0.15, -0.1) is 0 Å². The van der Waals surface area contributed by atoms with Crippen molar-refractivity contribution in [3.05, 3.63) is 35.4 Å². The molecule has 0 saturated heterocycles. The van der Waals surface area contributed by atoms with Gasteiger partial charge in [-0.2, -0.15) is 0 Å². The normalized spacial score (nSPS) is 9.94. The van der Waals surface area contributed by atoms with E-state index in [4.69, 9.17) is 0 Å². The number of carbonyl (C=O) groups excluding carboxylic acids is 2. The van der Waals surface area contributed by atoms with E-state index in [0.717, 1.165) is 5.56 Å². The van der Waals surface area contributed by atoms with Crippen molar-refractivity contribution >= 4 is 11.7 Å². The van der Waals surface area contributed by atoms with Crippen LogP contribution in [-0.2, 0) is 11.2 Å². The van der Waals surface area contributed by atoms with E-state index in [2.05, 4.69) is 0 Å². The van der Waals surface area contributed by atoms with Crippen molar-refractivity contribution in [2.45, 2.75) is 19.8 Å². The van der Waals surface area contributed by atoms with E-state index < -0.39 is 0 Å². The average molecular weight is 219 g/mol. The Hall–Kier alpha value is -1.64. The van der Waals surface area contributed by atoms with Gasteiger partial charge in [-0.25, -0.2) is 0 Å². The standard InChI is InChI=1S/C13H17NO2/c1-4-12(15)9-10-6-5-7-11(8-10)13(16)14(2)3/h5-8H,4,9H2,1-3H3. The van der Waals surface area contributed by atoms with E-state index in [9.17, 15) is 9.59 Å². The fourth-order valence-electron chi connectivity index (χ4n) is 1.43. The summed E-state index contributed by atoms with van der Waals surface area (Å²) < 4.78 is 0. The van der Waals surface area contributed by atoms with Crippen LogP contribution in [0.1, 0.15) is 29.3 Å². The molecule has 0 unspecified atom stereocenters. The Bertz CT molecular complexity index is 397. The number of hydrogen-bond acceptors (Lipinski definition) is 2. The summed E-state index contributed by atoms with van der Waals surface area (Å²) in [5, 5.41) is 0. The summed E-state index contributed by atoms with van der Waals surface area (Å²) in [6.07, 6.45) is 0.941. The van der Waals surface area contributed by atoms with Gasteiger partial charge < -0.3 is 4.90 Å². The largest absolute Gasteiger partial charge is 0.345 e. The summed E-state index contributed by atoms with van der Waals surface area (Å²) in [5.41, 5.74) is 1.53. The Balaban J connectivity index is 2.87. The molecule has 1 aromatic carbocycles. The number of carbonyl (C=O) groups is 2. The molecule has 86 valence electrons. The fourth-order valence-corrected chi connectivity index (χ4v) is 1.43. The van der Waals surface area contributed by atoms with Crippen LogP contribution in [0.25, 0.3) is 0 Å². The molecule has 3 nitrogen and oxygen atoms in total. The Kier molecular flexibility index (Phi) is 4.23. The Labute approximate surface area is 96.1 Å². The lowest BCUT2D eigenvalue weighted by Crippen LogP contribution is -2.21. The van der Waals surface area contributed by atoms with E-state index in [1.165, 1.54) is 4.90 Å². The van der Waals surface area contributed by atoms with Gasteiger partial charge in [0.2, 0.25) is 0 Å². The van der Waals surface area contributed by atoms with Crippen molar-refractivity contribution in [2.24, 2.45) is 0 Å². The molecule has 3 heteroatoms. The Morgan fingerprint density at radius 2 is 1.94 bits per heavy atom. The van der Waals surface area contributed by atoms with Crippen molar-refractivity contribution in [1.29, 1.82) is 0 Å². The minimum atomic E-state index is -0.0363. The van der Waals surface area contributed by atoms with Crippen LogP contribution in [0, 0.1) is 0 Å². The van der Waals surface area contributed by atoms with Crippen molar-refractivity contribution in [3.63, 3.8) is 0 Å². The number of hydrogen-bond donors (Lipinski definition) is 0. The maximum atomic E-state index is 11.7. The number of nitrogens with zero attached hydrogens (tertiary/aromatic N) is 1.